The molecule has 35 heavy (non-hydrogen) atoms. The third-order valence-electron chi connectivity index (χ3n) is 5.96. The number of nitrogens with zero attached hydrogens (tertiary/aromatic N) is 2. The number of nitrogens with one attached hydrogen (secondary N) is 2. The lowest BCUT2D eigenvalue weighted by atomic mass is 9.98. The first-order valence-corrected chi connectivity index (χ1v) is 13.4. The molecule has 0 spiro atoms. The van der Waals surface area contributed by atoms with Gasteiger partial charge < -0.3 is 10.2 Å². The zero-order valence-corrected chi connectivity index (χ0v) is 21.2. The van der Waals surface area contributed by atoms with E-state index in [1.165, 1.54) is 18.2 Å². The van der Waals surface area contributed by atoms with E-state index in [0.717, 1.165) is 25.2 Å². The highest BCUT2D eigenvalue weighted by molar-refractivity contribution is 7.92. The standard InChI is InChI=1S/C23H28ClF3N4O3S/c1-14-8-10-31(11-9-14)21-17(5-7-20(29-21)23(25,26)27)13-28-22(32)15(2)16-4-6-19(18(24)12-16)30-35(3,33)34/h4-7,12,14-15,30H,8-11,13H2,1-3H3,(H,28,32). The molecule has 1 atom stereocenters. The summed E-state index contributed by atoms with van der Waals surface area (Å²) in [6.45, 7) is 4.97. The molecule has 0 bridgehead atoms. The number of rotatable bonds is 7. The number of carbonyl (C=O) groups is 1. The summed E-state index contributed by atoms with van der Waals surface area (Å²) in [5, 5.41) is 2.91. The van der Waals surface area contributed by atoms with Crippen molar-refractivity contribution in [1.82, 2.24) is 10.3 Å². The number of piperidine rings is 1. The van der Waals surface area contributed by atoms with Crippen LogP contribution >= 0.6 is 11.6 Å². The summed E-state index contributed by atoms with van der Waals surface area (Å²) in [5.74, 6) is -0.268. The number of hydrogen-bond donors (Lipinski definition) is 2. The quantitative estimate of drug-likeness (QED) is 0.535. The van der Waals surface area contributed by atoms with E-state index >= 15 is 0 Å². The van der Waals surface area contributed by atoms with Gasteiger partial charge in [-0.3, -0.25) is 9.52 Å². The van der Waals surface area contributed by atoms with Crippen LogP contribution < -0.4 is 14.9 Å². The van der Waals surface area contributed by atoms with Gasteiger partial charge in [0.25, 0.3) is 0 Å². The highest BCUT2D eigenvalue weighted by Crippen LogP contribution is 2.32. The Balaban J connectivity index is 1.75. The second-order valence-corrected chi connectivity index (χ2v) is 11.1. The topological polar surface area (TPSA) is 91.4 Å². The number of halogens is 4. The van der Waals surface area contributed by atoms with Crippen LogP contribution in [0.1, 0.15) is 49.4 Å². The zero-order valence-electron chi connectivity index (χ0n) is 19.6. The number of aromatic nitrogens is 1. The maximum atomic E-state index is 13.3. The van der Waals surface area contributed by atoms with Crippen molar-refractivity contribution in [3.05, 3.63) is 52.2 Å². The molecule has 0 saturated carbocycles. The van der Waals surface area contributed by atoms with Crippen LogP contribution in [0, 0.1) is 5.92 Å². The average Bonchev–Trinajstić information content (AvgIpc) is 2.77. The predicted octanol–water partition coefficient (Wildman–Crippen LogP) is 4.78. The maximum absolute atomic E-state index is 13.3. The molecule has 1 aromatic heterocycles. The van der Waals surface area contributed by atoms with Gasteiger partial charge in [-0.05, 0) is 49.4 Å². The zero-order chi connectivity index (χ0) is 26.0. The van der Waals surface area contributed by atoms with Gasteiger partial charge in [0.15, 0.2) is 0 Å². The molecular formula is C23H28ClF3N4O3S. The maximum Gasteiger partial charge on any atom is 0.433 e. The van der Waals surface area contributed by atoms with Gasteiger partial charge in [0.05, 0.1) is 22.9 Å². The number of hydrogen-bond acceptors (Lipinski definition) is 5. The largest absolute Gasteiger partial charge is 0.433 e. The number of carbonyl (C=O) groups excluding carboxylic acids is 1. The molecule has 192 valence electrons. The van der Waals surface area contributed by atoms with Gasteiger partial charge in [-0.1, -0.05) is 30.7 Å². The van der Waals surface area contributed by atoms with Crippen LogP contribution in [0.5, 0.6) is 0 Å². The Morgan fingerprint density at radius 2 is 1.89 bits per heavy atom. The van der Waals surface area contributed by atoms with Crippen LogP contribution in [0.2, 0.25) is 5.02 Å². The monoisotopic (exact) mass is 532 g/mol. The fraction of sp³-hybridized carbons (Fsp3) is 0.478. The first kappa shape index (κ1) is 27.1. The molecule has 1 aromatic carbocycles. The van der Waals surface area contributed by atoms with Gasteiger partial charge in [-0.15, -0.1) is 0 Å². The number of pyridine rings is 1. The number of benzene rings is 1. The normalized spacial score (nSPS) is 16.1. The number of anilines is 2. The molecule has 2 aromatic rings. The molecule has 1 unspecified atom stereocenters. The number of sulfonamides is 1. The van der Waals surface area contributed by atoms with E-state index in [0.29, 0.717) is 30.1 Å². The molecule has 2 N–H and O–H groups in total. The van der Waals surface area contributed by atoms with Crippen molar-refractivity contribution in [2.75, 3.05) is 29.0 Å². The molecule has 1 amide bonds. The van der Waals surface area contributed by atoms with E-state index in [1.807, 2.05) is 4.90 Å². The van der Waals surface area contributed by atoms with Gasteiger partial charge >= 0.3 is 6.18 Å². The van der Waals surface area contributed by atoms with Crippen molar-refractivity contribution in [2.45, 2.75) is 45.3 Å². The smallest absolute Gasteiger partial charge is 0.356 e. The highest BCUT2D eigenvalue weighted by atomic mass is 35.5. The predicted molar refractivity (Wildman–Crippen MR) is 130 cm³/mol. The second-order valence-electron chi connectivity index (χ2n) is 8.90. The first-order valence-electron chi connectivity index (χ1n) is 11.1. The minimum Gasteiger partial charge on any atom is -0.356 e. The van der Waals surface area contributed by atoms with Crippen LogP contribution in [0.25, 0.3) is 0 Å². The molecule has 0 radical (unpaired) electrons. The fourth-order valence-electron chi connectivity index (χ4n) is 3.84. The van der Waals surface area contributed by atoms with Gasteiger partial charge in [0.2, 0.25) is 15.9 Å². The highest BCUT2D eigenvalue weighted by Gasteiger charge is 2.34. The van der Waals surface area contributed by atoms with Crippen molar-refractivity contribution in [3.63, 3.8) is 0 Å². The average molecular weight is 533 g/mol. The van der Waals surface area contributed by atoms with E-state index in [2.05, 4.69) is 21.9 Å². The van der Waals surface area contributed by atoms with Crippen molar-refractivity contribution >= 4 is 39.0 Å². The van der Waals surface area contributed by atoms with Gasteiger partial charge in [-0.2, -0.15) is 13.2 Å². The van der Waals surface area contributed by atoms with E-state index in [-0.39, 0.29) is 29.0 Å². The third kappa shape index (κ3) is 7.23. The fourth-order valence-corrected chi connectivity index (χ4v) is 4.71. The Bertz CT molecular complexity index is 1180. The first-order chi connectivity index (χ1) is 16.2. The molecule has 12 heteroatoms. The summed E-state index contributed by atoms with van der Waals surface area (Å²) < 4.78 is 65.0. The van der Waals surface area contributed by atoms with Crippen LogP contribution in [0.3, 0.4) is 0 Å². The van der Waals surface area contributed by atoms with Crippen molar-refractivity contribution in [2.24, 2.45) is 5.92 Å². The van der Waals surface area contributed by atoms with Gasteiger partial charge in [-0.25, -0.2) is 13.4 Å². The Morgan fingerprint density at radius 3 is 2.46 bits per heavy atom. The molecule has 1 aliphatic heterocycles. The number of amides is 1. The Labute approximate surface area is 208 Å². The third-order valence-corrected chi connectivity index (χ3v) is 6.87. The molecule has 1 aliphatic rings. The van der Waals surface area contributed by atoms with Crippen LogP contribution in [-0.4, -0.2) is 38.7 Å². The molecule has 7 nitrogen and oxygen atoms in total. The summed E-state index contributed by atoms with van der Waals surface area (Å²) in [7, 11) is -3.51. The second kappa shape index (κ2) is 10.6. The molecule has 2 heterocycles. The SMILES string of the molecule is CC1CCN(c2nc(C(F)(F)F)ccc2CNC(=O)C(C)c2ccc(NS(C)(=O)=O)c(Cl)c2)CC1. The van der Waals surface area contributed by atoms with E-state index in [9.17, 15) is 26.4 Å². The molecule has 0 aliphatic carbocycles. The summed E-state index contributed by atoms with van der Waals surface area (Å²) >= 11 is 6.16. The summed E-state index contributed by atoms with van der Waals surface area (Å²) in [6.07, 6.45) is -1.86. The van der Waals surface area contributed by atoms with E-state index < -0.39 is 27.8 Å². The van der Waals surface area contributed by atoms with Crippen molar-refractivity contribution < 1.29 is 26.4 Å². The molecule has 1 saturated heterocycles. The Morgan fingerprint density at radius 1 is 1.23 bits per heavy atom. The lowest BCUT2D eigenvalue weighted by molar-refractivity contribution is -0.141. The van der Waals surface area contributed by atoms with Crippen LogP contribution in [0.4, 0.5) is 24.7 Å². The van der Waals surface area contributed by atoms with Gasteiger partial charge in [0, 0.05) is 25.2 Å². The van der Waals surface area contributed by atoms with E-state index in [4.69, 9.17) is 11.6 Å². The minimum atomic E-state index is -4.56. The minimum absolute atomic E-state index is 0.0111. The lowest BCUT2D eigenvalue weighted by Gasteiger charge is -2.33. The van der Waals surface area contributed by atoms with Crippen LogP contribution in [0.15, 0.2) is 30.3 Å². The summed E-state index contributed by atoms with van der Waals surface area (Å²) in [4.78, 5) is 18.6. The van der Waals surface area contributed by atoms with Crippen molar-refractivity contribution in [3.8, 4) is 0 Å². The summed E-state index contributed by atoms with van der Waals surface area (Å²) in [6, 6.07) is 6.84. The molecular weight excluding hydrogens is 505 g/mol. The van der Waals surface area contributed by atoms with Crippen LogP contribution in [-0.2, 0) is 27.5 Å². The van der Waals surface area contributed by atoms with Crippen molar-refractivity contribution in [1.29, 1.82) is 0 Å². The Hall–Kier alpha value is -2.53. The summed E-state index contributed by atoms with van der Waals surface area (Å²) in [5.41, 5.74) is 0.287. The van der Waals surface area contributed by atoms with Gasteiger partial charge in [0.1, 0.15) is 11.5 Å². The Kier molecular flexibility index (Phi) is 8.21. The number of alkyl halides is 3. The van der Waals surface area contributed by atoms with E-state index in [1.54, 1.807) is 13.0 Å². The lowest BCUT2D eigenvalue weighted by Crippen LogP contribution is -2.35. The molecule has 1 fully saturated rings. The molecule has 3 rings (SSSR count).